The molecule has 0 aliphatic heterocycles. The Balaban J connectivity index is 1.97. The summed E-state index contributed by atoms with van der Waals surface area (Å²) in [5.74, 6) is -0.246. The summed E-state index contributed by atoms with van der Waals surface area (Å²) in [4.78, 5) is 14.5. The van der Waals surface area contributed by atoms with E-state index >= 15 is 0 Å². The summed E-state index contributed by atoms with van der Waals surface area (Å²) in [5.41, 5.74) is 0. The zero-order valence-corrected chi connectivity index (χ0v) is 13.4. The average Bonchev–Trinajstić information content (AvgIpc) is 2.98. The SMILES string of the molecule is C[C@@H](CNS(=O)(=O)c1ccc([N+](=O)[O-])nc1)Cc1cccs1. The van der Waals surface area contributed by atoms with E-state index in [-0.39, 0.29) is 23.2 Å². The molecule has 0 spiro atoms. The van der Waals surface area contributed by atoms with Crippen molar-refractivity contribution in [2.75, 3.05) is 6.54 Å². The molecular formula is C13H15N3O4S2. The van der Waals surface area contributed by atoms with E-state index in [1.807, 2.05) is 24.4 Å². The first kappa shape index (κ1) is 16.5. The van der Waals surface area contributed by atoms with E-state index in [1.54, 1.807) is 11.3 Å². The van der Waals surface area contributed by atoms with Crippen LogP contribution >= 0.6 is 11.3 Å². The maximum atomic E-state index is 12.1. The van der Waals surface area contributed by atoms with Gasteiger partial charge in [0.2, 0.25) is 10.0 Å². The second-order valence-corrected chi connectivity index (χ2v) is 7.65. The van der Waals surface area contributed by atoms with Gasteiger partial charge < -0.3 is 10.1 Å². The van der Waals surface area contributed by atoms with E-state index in [4.69, 9.17) is 0 Å². The number of sulfonamides is 1. The summed E-state index contributed by atoms with van der Waals surface area (Å²) in [6.45, 7) is 2.24. The third kappa shape index (κ3) is 4.33. The lowest BCUT2D eigenvalue weighted by Gasteiger charge is -2.11. The average molecular weight is 341 g/mol. The van der Waals surface area contributed by atoms with Gasteiger partial charge in [0.15, 0.2) is 6.20 Å². The fourth-order valence-electron chi connectivity index (χ4n) is 1.82. The molecule has 118 valence electrons. The molecule has 1 atom stereocenters. The molecule has 0 amide bonds. The molecule has 22 heavy (non-hydrogen) atoms. The van der Waals surface area contributed by atoms with Crippen molar-refractivity contribution in [1.82, 2.24) is 9.71 Å². The molecule has 0 fully saturated rings. The Morgan fingerprint density at radius 3 is 2.73 bits per heavy atom. The molecule has 0 unspecified atom stereocenters. The first-order chi connectivity index (χ1) is 10.4. The molecule has 2 rings (SSSR count). The van der Waals surface area contributed by atoms with Gasteiger partial charge in [0, 0.05) is 17.5 Å². The second-order valence-electron chi connectivity index (χ2n) is 4.85. The van der Waals surface area contributed by atoms with Gasteiger partial charge in [-0.05, 0) is 39.8 Å². The van der Waals surface area contributed by atoms with E-state index in [0.29, 0.717) is 0 Å². The minimum Gasteiger partial charge on any atom is -0.358 e. The van der Waals surface area contributed by atoms with Crippen LogP contribution in [0.3, 0.4) is 0 Å². The van der Waals surface area contributed by atoms with Crippen LogP contribution in [0.5, 0.6) is 0 Å². The van der Waals surface area contributed by atoms with E-state index in [2.05, 4.69) is 9.71 Å². The monoisotopic (exact) mass is 341 g/mol. The first-order valence-corrected chi connectivity index (χ1v) is 8.87. The third-order valence-electron chi connectivity index (χ3n) is 2.97. The highest BCUT2D eigenvalue weighted by Gasteiger charge is 2.19. The van der Waals surface area contributed by atoms with Crippen molar-refractivity contribution in [3.63, 3.8) is 0 Å². The van der Waals surface area contributed by atoms with Crippen LogP contribution in [0.4, 0.5) is 5.82 Å². The Kier molecular flexibility index (Phi) is 5.22. The Morgan fingerprint density at radius 1 is 1.41 bits per heavy atom. The lowest BCUT2D eigenvalue weighted by Crippen LogP contribution is -2.29. The molecule has 0 bridgehead atoms. The number of nitrogens with zero attached hydrogens (tertiary/aromatic N) is 2. The molecule has 9 heteroatoms. The van der Waals surface area contributed by atoms with Gasteiger partial charge in [-0.25, -0.2) is 13.1 Å². The van der Waals surface area contributed by atoms with Crippen molar-refractivity contribution in [3.8, 4) is 0 Å². The molecule has 0 aliphatic carbocycles. The molecule has 2 heterocycles. The largest absolute Gasteiger partial charge is 0.363 e. The molecule has 0 aromatic carbocycles. The molecule has 0 saturated carbocycles. The normalized spacial score (nSPS) is 13.0. The lowest BCUT2D eigenvalue weighted by molar-refractivity contribution is -0.389. The Hall–Kier alpha value is -1.84. The standard InChI is InChI=1S/C13H15N3O4S2/c1-10(7-11-3-2-6-21-11)8-15-22(19,20)12-4-5-13(14-9-12)16(17)18/h2-6,9-10,15H,7-8H2,1H3/t10-/m1/s1. The van der Waals surface area contributed by atoms with Crippen LogP contribution in [0.15, 0.2) is 40.7 Å². The van der Waals surface area contributed by atoms with E-state index < -0.39 is 14.9 Å². The van der Waals surface area contributed by atoms with Gasteiger partial charge in [0.1, 0.15) is 4.90 Å². The molecule has 0 aliphatic rings. The van der Waals surface area contributed by atoms with Gasteiger partial charge in [-0.1, -0.05) is 13.0 Å². The minimum atomic E-state index is -3.71. The quantitative estimate of drug-likeness (QED) is 0.614. The van der Waals surface area contributed by atoms with E-state index in [1.165, 1.54) is 10.9 Å². The molecule has 7 nitrogen and oxygen atoms in total. The van der Waals surface area contributed by atoms with E-state index in [9.17, 15) is 18.5 Å². The second kappa shape index (κ2) is 6.95. The molecule has 0 saturated heterocycles. The van der Waals surface area contributed by atoms with Gasteiger partial charge in [0.05, 0.1) is 0 Å². The topological polar surface area (TPSA) is 102 Å². The van der Waals surface area contributed by atoms with Crippen LogP contribution in [-0.2, 0) is 16.4 Å². The first-order valence-electron chi connectivity index (χ1n) is 6.51. The highest BCUT2D eigenvalue weighted by Crippen LogP contribution is 2.15. The zero-order valence-electron chi connectivity index (χ0n) is 11.8. The van der Waals surface area contributed by atoms with Crippen LogP contribution in [0.1, 0.15) is 11.8 Å². The van der Waals surface area contributed by atoms with Crippen molar-refractivity contribution in [1.29, 1.82) is 0 Å². The number of pyridine rings is 1. The highest BCUT2D eigenvalue weighted by molar-refractivity contribution is 7.89. The van der Waals surface area contributed by atoms with Gasteiger partial charge in [-0.15, -0.1) is 11.3 Å². The number of nitrogens with one attached hydrogen (secondary N) is 1. The van der Waals surface area contributed by atoms with E-state index in [0.717, 1.165) is 18.7 Å². The van der Waals surface area contributed by atoms with Crippen LogP contribution < -0.4 is 4.72 Å². The van der Waals surface area contributed by atoms with Crippen molar-refractivity contribution in [2.24, 2.45) is 5.92 Å². The zero-order chi connectivity index (χ0) is 16.2. The summed E-state index contributed by atoms with van der Waals surface area (Å²) in [6, 6.07) is 6.22. The van der Waals surface area contributed by atoms with Crippen LogP contribution in [0.2, 0.25) is 0 Å². The molecule has 2 aromatic rings. The number of thiophene rings is 1. The van der Waals surface area contributed by atoms with Gasteiger partial charge >= 0.3 is 5.82 Å². The van der Waals surface area contributed by atoms with Crippen LogP contribution in [0.25, 0.3) is 0 Å². The number of hydrogen-bond acceptors (Lipinski definition) is 6. The third-order valence-corrected chi connectivity index (χ3v) is 5.28. The Bertz CT molecular complexity index is 727. The van der Waals surface area contributed by atoms with Crippen molar-refractivity contribution < 1.29 is 13.3 Å². The van der Waals surface area contributed by atoms with Gasteiger partial charge in [-0.3, -0.25) is 0 Å². The van der Waals surface area contributed by atoms with Crippen molar-refractivity contribution in [3.05, 3.63) is 50.8 Å². The molecule has 1 N–H and O–H groups in total. The fraction of sp³-hybridized carbons (Fsp3) is 0.308. The van der Waals surface area contributed by atoms with Crippen LogP contribution in [0, 0.1) is 16.0 Å². The summed E-state index contributed by atoms with van der Waals surface area (Å²) in [6.07, 6.45) is 1.78. The van der Waals surface area contributed by atoms with Crippen LogP contribution in [-0.4, -0.2) is 24.9 Å². The van der Waals surface area contributed by atoms with Gasteiger partial charge in [0.25, 0.3) is 0 Å². The summed E-state index contributed by atoms with van der Waals surface area (Å²) in [5, 5.41) is 12.5. The lowest BCUT2D eigenvalue weighted by atomic mass is 10.1. The summed E-state index contributed by atoms with van der Waals surface area (Å²) < 4.78 is 26.7. The molecular weight excluding hydrogens is 326 g/mol. The Morgan fingerprint density at radius 2 is 2.18 bits per heavy atom. The fourth-order valence-corrected chi connectivity index (χ4v) is 3.80. The molecule has 0 radical (unpaired) electrons. The predicted molar refractivity (Wildman–Crippen MR) is 83.3 cm³/mol. The minimum absolute atomic E-state index is 0.0820. The maximum Gasteiger partial charge on any atom is 0.363 e. The highest BCUT2D eigenvalue weighted by atomic mass is 32.2. The summed E-state index contributed by atoms with van der Waals surface area (Å²) in [7, 11) is -3.71. The number of nitro groups is 1. The van der Waals surface area contributed by atoms with Gasteiger partial charge in [-0.2, -0.15) is 0 Å². The number of rotatable bonds is 7. The number of hydrogen-bond donors (Lipinski definition) is 1. The predicted octanol–water partition coefficient (Wildman–Crippen LogP) is 2.21. The van der Waals surface area contributed by atoms with Crippen molar-refractivity contribution in [2.45, 2.75) is 18.2 Å². The Labute approximate surface area is 132 Å². The molecule has 2 aromatic heterocycles. The maximum absolute atomic E-state index is 12.1. The summed E-state index contributed by atoms with van der Waals surface area (Å²) >= 11 is 1.63. The van der Waals surface area contributed by atoms with Crippen molar-refractivity contribution >= 4 is 27.2 Å². The number of aromatic nitrogens is 1. The smallest absolute Gasteiger partial charge is 0.358 e.